The highest BCUT2D eigenvalue weighted by Crippen LogP contribution is 2.35. The summed E-state index contributed by atoms with van der Waals surface area (Å²) in [6.07, 6.45) is -10.5. The molecule has 0 radical (unpaired) electrons. The smallest absolute Gasteiger partial charge is 0.393 e. The van der Waals surface area contributed by atoms with Crippen molar-refractivity contribution in [1.29, 1.82) is 0 Å². The predicted molar refractivity (Wildman–Crippen MR) is 29.2 cm³/mol. The molecule has 0 aliphatic rings. The lowest BCUT2D eigenvalue weighted by atomic mass is 10.4. The Kier molecular flexibility index (Phi) is 2.89. The molecule has 0 bridgehead atoms. The number of allylic oxidation sites excluding steroid dienone is 2. The van der Waals surface area contributed by atoms with Gasteiger partial charge in [0.15, 0.2) is 0 Å². The van der Waals surface area contributed by atoms with Crippen molar-refractivity contribution in [1.82, 2.24) is 0 Å². The summed E-state index contributed by atoms with van der Waals surface area (Å²) in [6, 6.07) is 0. The number of halogens is 7. The molecule has 0 saturated heterocycles. The van der Waals surface area contributed by atoms with Gasteiger partial charge < -0.3 is 5.73 Å². The molecule has 0 fully saturated rings. The predicted octanol–water partition coefficient (Wildman–Crippen LogP) is 2.52. The lowest BCUT2D eigenvalue weighted by molar-refractivity contribution is -0.111. The molecular weight excluding hydrogens is 211 g/mol. The number of hydrogen-bond acceptors (Lipinski definition) is 1. The van der Waals surface area contributed by atoms with Gasteiger partial charge in [0.1, 0.15) is 10.7 Å². The fourth-order valence-corrected chi connectivity index (χ4v) is 0.384. The van der Waals surface area contributed by atoms with Gasteiger partial charge in [-0.1, -0.05) is 11.6 Å². The molecule has 12 heavy (non-hydrogen) atoms. The molecule has 0 spiro atoms. The van der Waals surface area contributed by atoms with E-state index in [1.54, 1.807) is 0 Å². The SMILES string of the molecule is N/C(=C(\Cl)C(F)(F)F)C(F)(F)F. The maximum atomic E-state index is 11.5. The van der Waals surface area contributed by atoms with E-state index in [-0.39, 0.29) is 0 Å². The Labute approximate surface area is 67.8 Å². The van der Waals surface area contributed by atoms with Crippen LogP contribution in [0.5, 0.6) is 0 Å². The van der Waals surface area contributed by atoms with Gasteiger partial charge in [-0.3, -0.25) is 0 Å². The highest BCUT2D eigenvalue weighted by molar-refractivity contribution is 6.30. The summed E-state index contributed by atoms with van der Waals surface area (Å²) in [5.74, 6) is 0. The van der Waals surface area contributed by atoms with E-state index in [2.05, 4.69) is 17.3 Å². The summed E-state index contributed by atoms with van der Waals surface area (Å²) >= 11 is 4.30. The van der Waals surface area contributed by atoms with Crippen molar-refractivity contribution in [2.45, 2.75) is 12.4 Å². The highest BCUT2D eigenvalue weighted by Gasteiger charge is 2.43. The first-order valence-corrected chi connectivity index (χ1v) is 2.74. The molecule has 0 amide bonds. The summed E-state index contributed by atoms with van der Waals surface area (Å²) < 4.78 is 68.8. The third-order valence-electron chi connectivity index (χ3n) is 0.791. The quantitative estimate of drug-likeness (QED) is 0.615. The van der Waals surface area contributed by atoms with Crippen LogP contribution in [-0.2, 0) is 0 Å². The second kappa shape index (κ2) is 3.04. The molecule has 2 N–H and O–H groups in total. The first kappa shape index (κ1) is 11.4. The first-order chi connectivity index (χ1) is 5.07. The van der Waals surface area contributed by atoms with Crippen LogP contribution in [0, 0.1) is 0 Å². The van der Waals surface area contributed by atoms with Crippen molar-refractivity contribution in [2.75, 3.05) is 0 Å². The summed E-state index contributed by atoms with van der Waals surface area (Å²) in [6.45, 7) is 0. The number of alkyl halides is 6. The molecule has 1 nitrogen and oxygen atoms in total. The minimum atomic E-state index is -5.26. The van der Waals surface area contributed by atoms with E-state index in [0.717, 1.165) is 0 Å². The number of hydrogen-bond donors (Lipinski definition) is 1. The molecule has 0 aromatic carbocycles. The van der Waals surface area contributed by atoms with Crippen LogP contribution in [0.1, 0.15) is 0 Å². The summed E-state index contributed by atoms with van der Waals surface area (Å²) in [4.78, 5) is 0. The Morgan fingerprint density at radius 2 is 1.25 bits per heavy atom. The van der Waals surface area contributed by atoms with Crippen LogP contribution >= 0.6 is 11.6 Å². The van der Waals surface area contributed by atoms with E-state index in [1.165, 1.54) is 0 Å². The third kappa shape index (κ3) is 2.80. The van der Waals surface area contributed by atoms with Crippen molar-refractivity contribution in [3.8, 4) is 0 Å². The molecule has 8 heteroatoms. The largest absolute Gasteiger partial charge is 0.432 e. The molecule has 72 valence electrons. The van der Waals surface area contributed by atoms with Crippen LogP contribution in [0.3, 0.4) is 0 Å². The summed E-state index contributed by atoms with van der Waals surface area (Å²) in [7, 11) is 0. The Morgan fingerprint density at radius 3 is 1.33 bits per heavy atom. The topological polar surface area (TPSA) is 26.0 Å². The van der Waals surface area contributed by atoms with Crippen LogP contribution in [0.2, 0.25) is 0 Å². The van der Waals surface area contributed by atoms with Crippen molar-refractivity contribution < 1.29 is 26.3 Å². The van der Waals surface area contributed by atoms with Crippen LogP contribution in [0.25, 0.3) is 0 Å². The molecule has 0 aliphatic heterocycles. The van der Waals surface area contributed by atoms with E-state index in [9.17, 15) is 26.3 Å². The average molecular weight is 214 g/mol. The van der Waals surface area contributed by atoms with Gasteiger partial charge in [0.2, 0.25) is 0 Å². The number of nitrogens with two attached hydrogens (primary N) is 1. The molecule has 0 aromatic heterocycles. The van der Waals surface area contributed by atoms with E-state index >= 15 is 0 Å². The molecular formula is C4H2ClF6N. The summed E-state index contributed by atoms with van der Waals surface area (Å²) in [5.41, 5.74) is 1.75. The Balaban J connectivity index is 4.96. The van der Waals surface area contributed by atoms with Crippen LogP contribution in [0.15, 0.2) is 10.7 Å². The zero-order valence-electron chi connectivity index (χ0n) is 5.22. The molecule has 0 saturated carbocycles. The van der Waals surface area contributed by atoms with E-state index in [4.69, 9.17) is 0 Å². The minimum Gasteiger partial charge on any atom is -0.393 e. The fraction of sp³-hybridized carbons (Fsp3) is 0.500. The first-order valence-electron chi connectivity index (χ1n) is 2.36. The molecule has 0 rings (SSSR count). The molecule has 0 aromatic rings. The second-order valence-electron chi connectivity index (χ2n) is 1.72. The maximum Gasteiger partial charge on any atom is 0.432 e. The fourth-order valence-electron chi connectivity index (χ4n) is 0.277. The lowest BCUT2D eigenvalue weighted by Gasteiger charge is -2.11. The zero-order valence-corrected chi connectivity index (χ0v) is 5.98. The number of rotatable bonds is 0. The van der Waals surface area contributed by atoms with Crippen molar-refractivity contribution in [3.05, 3.63) is 10.7 Å². The van der Waals surface area contributed by atoms with Gasteiger partial charge in [0.05, 0.1) is 0 Å². The van der Waals surface area contributed by atoms with E-state index < -0.39 is 23.1 Å². The zero-order chi connectivity index (χ0) is 10.2. The van der Waals surface area contributed by atoms with Crippen molar-refractivity contribution in [3.63, 3.8) is 0 Å². The van der Waals surface area contributed by atoms with Crippen LogP contribution in [0.4, 0.5) is 26.3 Å². The highest BCUT2D eigenvalue weighted by atomic mass is 35.5. The standard InChI is InChI=1S/C4H2ClF6N/c5-1(3(6,7)8)2(12)4(9,10)11/h12H2/b2-1-. The summed E-state index contributed by atoms with van der Waals surface area (Å²) in [5, 5.41) is -2.35. The normalized spacial score (nSPS) is 15.9. The Bertz CT molecular complexity index is 179. The molecule has 0 heterocycles. The van der Waals surface area contributed by atoms with Gasteiger partial charge in [-0.05, 0) is 0 Å². The Morgan fingerprint density at radius 1 is 0.917 bits per heavy atom. The minimum absolute atomic E-state index is 2.34. The van der Waals surface area contributed by atoms with Crippen molar-refractivity contribution >= 4 is 11.6 Å². The van der Waals surface area contributed by atoms with E-state index in [0.29, 0.717) is 0 Å². The van der Waals surface area contributed by atoms with Gasteiger partial charge in [-0.15, -0.1) is 0 Å². The Hall–Kier alpha value is -0.590. The maximum absolute atomic E-state index is 11.5. The van der Waals surface area contributed by atoms with Gasteiger partial charge in [0.25, 0.3) is 0 Å². The third-order valence-corrected chi connectivity index (χ3v) is 1.21. The molecule has 0 aliphatic carbocycles. The molecule has 0 atom stereocenters. The lowest BCUT2D eigenvalue weighted by Crippen LogP contribution is -2.25. The monoisotopic (exact) mass is 213 g/mol. The van der Waals surface area contributed by atoms with Gasteiger partial charge in [-0.2, -0.15) is 26.3 Å². The van der Waals surface area contributed by atoms with Crippen LogP contribution in [-0.4, -0.2) is 12.4 Å². The van der Waals surface area contributed by atoms with Gasteiger partial charge >= 0.3 is 12.4 Å². The van der Waals surface area contributed by atoms with E-state index in [1.807, 2.05) is 0 Å². The van der Waals surface area contributed by atoms with Crippen LogP contribution < -0.4 is 5.73 Å². The second-order valence-corrected chi connectivity index (χ2v) is 2.10. The van der Waals surface area contributed by atoms with Crippen molar-refractivity contribution in [2.24, 2.45) is 5.73 Å². The molecule has 0 unspecified atom stereocenters. The average Bonchev–Trinajstić information content (AvgIpc) is 1.80. The van der Waals surface area contributed by atoms with Gasteiger partial charge in [-0.25, -0.2) is 0 Å². The van der Waals surface area contributed by atoms with Gasteiger partial charge in [0, 0.05) is 0 Å².